The van der Waals surface area contributed by atoms with Crippen LogP contribution in [0.3, 0.4) is 0 Å². The molecule has 26 heavy (non-hydrogen) atoms. The molecule has 0 saturated carbocycles. The van der Waals surface area contributed by atoms with E-state index >= 15 is 0 Å². The van der Waals surface area contributed by atoms with Gasteiger partial charge in [0.1, 0.15) is 18.2 Å². The average molecular weight is 390 g/mol. The second-order valence-corrected chi connectivity index (χ2v) is 6.82. The van der Waals surface area contributed by atoms with Crippen molar-refractivity contribution in [2.24, 2.45) is 0 Å². The molecule has 0 aliphatic heterocycles. The Kier molecular flexibility index (Phi) is 6.02. The predicted molar refractivity (Wildman–Crippen MR) is 106 cm³/mol. The summed E-state index contributed by atoms with van der Waals surface area (Å²) < 4.78 is 19.6. The molecule has 0 unspecified atom stereocenters. The van der Waals surface area contributed by atoms with E-state index in [0.717, 1.165) is 16.8 Å². The van der Waals surface area contributed by atoms with Crippen LogP contribution in [0.4, 0.5) is 10.1 Å². The van der Waals surface area contributed by atoms with Crippen molar-refractivity contribution in [2.45, 2.75) is 20.1 Å². The van der Waals surface area contributed by atoms with Crippen molar-refractivity contribution in [3.63, 3.8) is 0 Å². The van der Waals surface area contributed by atoms with Crippen molar-refractivity contribution < 1.29 is 9.13 Å². The van der Waals surface area contributed by atoms with Crippen LogP contribution in [0.5, 0.6) is 5.75 Å². The van der Waals surface area contributed by atoms with Gasteiger partial charge in [0.05, 0.1) is 5.02 Å². The zero-order valence-corrected chi connectivity index (χ0v) is 15.7. The summed E-state index contributed by atoms with van der Waals surface area (Å²) in [4.78, 5) is 0. The first kappa shape index (κ1) is 18.6. The highest BCUT2D eigenvalue weighted by Gasteiger charge is 2.12. The maximum absolute atomic E-state index is 13.8. The molecule has 0 aliphatic rings. The van der Waals surface area contributed by atoms with E-state index in [1.807, 2.05) is 31.2 Å². The number of rotatable bonds is 6. The van der Waals surface area contributed by atoms with E-state index < -0.39 is 0 Å². The zero-order valence-electron chi connectivity index (χ0n) is 14.2. The Morgan fingerprint density at radius 2 is 1.77 bits per heavy atom. The van der Waals surface area contributed by atoms with Crippen molar-refractivity contribution in [3.05, 3.63) is 93.2 Å². The smallest absolute Gasteiger partial charge is 0.143 e. The van der Waals surface area contributed by atoms with E-state index in [0.29, 0.717) is 27.9 Å². The monoisotopic (exact) mass is 389 g/mol. The first-order chi connectivity index (χ1) is 12.5. The first-order valence-electron chi connectivity index (χ1n) is 8.17. The molecule has 0 spiro atoms. The molecule has 3 rings (SSSR count). The molecule has 2 nitrogen and oxygen atoms in total. The van der Waals surface area contributed by atoms with Crippen LogP contribution in [0.15, 0.2) is 60.7 Å². The standard InChI is InChI=1S/C21H18Cl2FNO/c1-14-5-4-7-18(9-14)25-12-16-10-17(22)11-19(23)21(16)26-13-15-6-2-3-8-20(15)24/h2-11,25H,12-13H2,1H3. The van der Waals surface area contributed by atoms with Gasteiger partial charge in [-0.2, -0.15) is 0 Å². The average Bonchev–Trinajstić information content (AvgIpc) is 2.60. The number of benzene rings is 3. The summed E-state index contributed by atoms with van der Waals surface area (Å²) in [6.45, 7) is 2.60. The van der Waals surface area contributed by atoms with Gasteiger partial charge in [-0.05, 0) is 42.8 Å². The van der Waals surface area contributed by atoms with Gasteiger partial charge < -0.3 is 10.1 Å². The van der Waals surface area contributed by atoms with Gasteiger partial charge in [-0.3, -0.25) is 0 Å². The Morgan fingerprint density at radius 1 is 0.962 bits per heavy atom. The van der Waals surface area contributed by atoms with Crippen molar-refractivity contribution in [1.82, 2.24) is 0 Å². The summed E-state index contributed by atoms with van der Waals surface area (Å²) in [5.74, 6) is 0.191. The molecule has 0 bridgehead atoms. The van der Waals surface area contributed by atoms with Crippen LogP contribution < -0.4 is 10.1 Å². The minimum Gasteiger partial charge on any atom is -0.487 e. The van der Waals surface area contributed by atoms with Crippen LogP contribution in [0.25, 0.3) is 0 Å². The van der Waals surface area contributed by atoms with Crippen LogP contribution in [-0.4, -0.2) is 0 Å². The van der Waals surface area contributed by atoms with E-state index in [1.165, 1.54) is 6.07 Å². The summed E-state index contributed by atoms with van der Waals surface area (Å²) in [5, 5.41) is 4.26. The molecule has 0 aromatic heterocycles. The SMILES string of the molecule is Cc1cccc(NCc2cc(Cl)cc(Cl)c2OCc2ccccc2F)c1. The molecule has 3 aromatic carbocycles. The number of ether oxygens (including phenoxy) is 1. The van der Waals surface area contributed by atoms with Gasteiger partial charge in [0.15, 0.2) is 0 Å². The molecule has 5 heteroatoms. The van der Waals surface area contributed by atoms with Crippen molar-refractivity contribution in [3.8, 4) is 5.75 Å². The van der Waals surface area contributed by atoms with Gasteiger partial charge in [0.25, 0.3) is 0 Å². The second-order valence-electron chi connectivity index (χ2n) is 5.98. The Balaban J connectivity index is 1.79. The maximum atomic E-state index is 13.8. The van der Waals surface area contributed by atoms with E-state index in [4.69, 9.17) is 27.9 Å². The minimum atomic E-state index is -0.308. The van der Waals surface area contributed by atoms with Crippen LogP contribution in [0.1, 0.15) is 16.7 Å². The van der Waals surface area contributed by atoms with E-state index in [9.17, 15) is 4.39 Å². The van der Waals surface area contributed by atoms with E-state index in [-0.39, 0.29) is 12.4 Å². The lowest BCUT2D eigenvalue weighted by molar-refractivity contribution is 0.297. The second kappa shape index (κ2) is 8.43. The zero-order chi connectivity index (χ0) is 18.5. The van der Waals surface area contributed by atoms with Crippen LogP contribution in [-0.2, 0) is 13.2 Å². The summed E-state index contributed by atoms with van der Waals surface area (Å²) in [5.41, 5.74) is 3.42. The quantitative estimate of drug-likeness (QED) is 0.510. The van der Waals surface area contributed by atoms with Gasteiger partial charge in [0.2, 0.25) is 0 Å². The number of anilines is 1. The highest BCUT2D eigenvalue weighted by atomic mass is 35.5. The highest BCUT2D eigenvalue weighted by molar-refractivity contribution is 6.35. The van der Waals surface area contributed by atoms with E-state index in [2.05, 4.69) is 5.32 Å². The highest BCUT2D eigenvalue weighted by Crippen LogP contribution is 2.33. The van der Waals surface area contributed by atoms with Crippen LogP contribution >= 0.6 is 23.2 Å². The number of hydrogen-bond acceptors (Lipinski definition) is 2. The number of hydrogen-bond donors (Lipinski definition) is 1. The predicted octanol–water partition coefficient (Wildman–Crippen LogP) is 6.63. The summed E-state index contributed by atoms with van der Waals surface area (Å²) in [6, 6.07) is 18.0. The van der Waals surface area contributed by atoms with Gasteiger partial charge in [-0.25, -0.2) is 4.39 Å². The lowest BCUT2D eigenvalue weighted by Crippen LogP contribution is -2.05. The molecule has 134 valence electrons. The fourth-order valence-electron chi connectivity index (χ4n) is 2.62. The molecule has 0 aliphatic carbocycles. The Morgan fingerprint density at radius 3 is 2.54 bits per heavy atom. The lowest BCUT2D eigenvalue weighted by atomic mass is 10.1. The number of aryl methyl sites for hydroxylation is 1. The molecular weight excluding hydrogens is 372 g/mol. The van der Waals surface area contributed by atoms with Gasteiger partial charge in [0, 0.05) is 28.4 Å². The Hall–Kier alpha value is -2.23. The topological polar surface area (TPSA) is 21.3 Å². The first-order valence-corrected chi connectivity index (χ1v) is 8.93. The third-order valence-corrected chi connectivity index (χ3v) is 4.42. The molecule has 0 saturated heterocycles. The number of halogens is 3. The lowest BCUT2D eigenvalue weighted by Gasteiger charge is -2.15. The molecule has 1 N–H and O–H groups in total. The fraction of sp³-hybridized carbons (Fsp3) is 0.143. The van der Waals surface area contributed by atoms with Crippen molar-refractivity contribution in [2.75, 3.05) is 5.32 Å². The molecule has 3 aromatic rings. The third kappa shape index (κ3) is 4.69. The minimum absolute atomic E-state index is 0.0888. The normalized spacial score (nSPS) is 10.6. The molecule has 0 radical (unpaired) electrons. The van der Waals surface area contributed by atoms with Crippen molar-refractivity contribution >= 4 is 28.9 Å². The molecule has 0 heterocycles. The van der Waals surface area contributed by atoms with Gasteiger partial charge >= 0.3 is 0 Å². The molecule has 0 fully saturated rings. The largest absolute Gasteiger partial charge is 0.487 e. The molecular formula is C21H18Cl2FNO. The fourth-order valence-corrected chi connectivity index (χ4v) is 3.21. The molecule has 0 amide bonds. The van der Waals surface area contributed by atoms with Crippen molar-refractivity contribution in [1.29, 1.82) is 0 Å². The Labute approximate surface area is 162 Å². The summed E-state index contributed by atoms with van der Waals surface area (Å²) >= 11 is 12.5. The molecule has 0 atom stereocenters. The van der Waals surface area contributed by atoms with Gasteiger partial charge in [-0.1, -0.05) is 53.5 Å². The number of nitrogens with one attached hydrogen (secondary N) is 1. The Bertz CT molecular complexity index is 914. The van der Waals surface area contributed by atoms with Crippen LogP contribution in [0, 0.1) is 12.7 Å². The third-order valence-electron chi connectivity index (χ3n) is 3.92. The summed E-state index contributed by atoms with van der Waals surface area (Å²) in [7, 11) is 0. The van der Waals surface area contributed by atoms with Gasteiger partial charge in [-0.15, -0.1) is 0 Å². The van der Waals surface area contributed by atoms with Crippen LogP contribution in [0.2, 0.25) is 10.0 Å². The summed E-state index contributed by atoms with van der Waals surface area (Å²) in [6.07, 6.45) is 0. The van der Waals surface area contributed by atoms with E-state index in [1.54, 1.807) is 30.3 Å². The maximum Gasteiger partial charge on any atom is 0.143 e.